The van der Waals surface area contributed by atoms with Crippen LogP contribution in [0, 0.1) is 0 Å². The van der Waals surface area contributed by atoms with Crippen molar-refractivity contribution in [2.75, 3.05) is 5.32 Å². The third-order valence-electron chi connectivity index (χ3n) is 2.49. The molecule has 14 heavy (non-hydrogen) atoms. The van der Waals surface area contributed by atoms with Crippen molar-refractivity contribution in [1.82, 2.24) is 0 Å². The Hall–Kier alpha value is -0.250. The van der Waals surface area contributed by atoms with E-state index in [1.165, 1.54) is 0 Å². The van der Waals surface area contributed by atoms with Gasteiger partial charge in [-0.05, 0) is 40.9 Å². The standard InChI is InChI=1S/C10H12BrClN2/c11-8-2-1-3-9(10(8)12)14-7-4-6(13)5-7/h1-3,6-7,14H,4-5,13H2. The molecule has 0 atom stereocenters. The quantitative estimate of drug-likeness (QED) is 0.871. The van der Waals surface area contributed by atoms with E-state index in [9.17, 15) is 0 Å². The summed E-state index contributed by atoms with van der Waals surface area (Å²) in [5.41, 5.74) is 6.69. The number of rotatable bonds is 2. The molecule has 0 unspecified atom stereocenters. The van der Waals surface area contributed by atoms with E-state index >= 15 is 0 Å². The van der Waals surface area contributed by atoms with Crippen molar-refractivity contribution in [2.45, 2.75) is 24.9 Å². The second-order valence-electron chi connectivity index (χ2n) is 3.67. The SMILES string of the molecule is NC1CC(Nc2cccc(Br)c2Cl)C1. The largest absolute Gasteiger partial charge is 0.381 e. The highest BCUT2D eigenvalue weighted by Gasteiger charge is 2.26. The van der Waals surface area contributed by atoms with Crippen molar-refractivity contribution in [2.24, 2.45) is 5.73 Å². The van der Waals surface area contributed by atoms with E-state index in [0.717, 1.165) is 28.0 Å². The van der Waals surface area contributed by atoms with Crippen LogP contribution in [-0.2, 0) is 0 Å². The van der Waals surface area contributed by atoms with Gasteiger partial charge in [-0.2, -0.15) is 0 Å². The summed E-state index contributed by atoms with van der Waals surface area (Å²) in [5.74, 6) is 0. The molecule has 0 saturated heterocycles. The number of hydrogen-bond donors (Lipinski definition) is 2. The third-order valence-corrected chi connectivity index (χ3v) is 3.78. The smallest absolute Gasteiger partial charge is 0.0779 e. The van der Waals surface area contributed by atoms with Crippen LogP contribution in [0.15, 0.2) is 22.7 Å². The van der Waals surface area contributed by atoms with E-state index < -0.39 is 0 Å². The van der Waals surface area contributed by atoms with Crippen LogP contribution in [0.25, 0.3) is 0 Å². The maximum atomic E-state index is 6.11. The lowest BCUT2D eigenvalue weighted by atomic mass is 9.87. The Morgan fingerprint density at radius 3 is 2.79 bits per heavy atom. The Bertz CT molecular complexity index is 337. The fourth-order valence-electron chi connectivity index (χ4n) is 1.61. The molecule has 1 fully saturated rings. The predicted octanol–water partition coefficient (Wildman–Crippen LogP) is 3.00. The van der Waals surface area contributed by atoms with Crippen LogP contribution >= 0.6 is 27.5 Å². The van der Waals surface area contributed by atoms with Gasteiger partial charge in [0.1, 0.15) is 0 Å². The number of halogens is 2. The van der Waals surface area contributed by atoms with Gasteiger partial charge in [0.25, 0.3) is 0 Å². The number of nitrogens with two attached hydrogens (primary N) is 1. The summed E-state index contributed by atoms with van der Waals surface area (Å²) in [4.78, 5) is 0. The number of anilines is 1. The summed E-state index contributed by atoms with van der Waals surface area (Å²) in [7, 11) is 0. The second-order valence-corrected chi connectivity index (χ2v) is 4.91. The topological polar surface area (TPSA) is 38.0 Å². The fourth-order valence-corrected chi connectivity index (χ4v) is 2.16. The lowest BCUT2D eigenvalue weighted by Crippen LogP contribution is -2.44. The van der Waals surface area contributed by atoms with Crippen LogP contribution in [0.5, 0.6) is 0 Å². The maximum absolute atomic E-state index is 6.11. The summed E-state index contributed by atoms with van der Waals surface area (Å²) < 4.78 is 0.924. The van der Waals surface area contributed by atoms with E-state index in [1.54, 1.807) is 0 Å². The van der Waals surface area contributed by atoms with Gasteiger partial charge in [-0.25, -0.2) is 0 Å². The minimum atomic E-state index is 0.360. The first-order valence-electron chi connectivity index (χ1n) is 4.63. The van der Waals surface area contributed by atoms with Crippen LogP contribution in [0.4, 0.5) is 5.69 Å². The van der Waals surface area contributed by atoms with Gasteiger partial charge in [0.05, 0.1) is 10.7 Å². The zero-order valence-electron chi connectivity index (χ0n) is 7.63. The average Bonchev–Trinajstić information content (AvgIpc) is 2.10. The van der Waals surface area contributed by atoms with E-state index in [-0.39, 0.29) is 0 Å². The lowest BCUT2D eigenvalue weighted by molar-refractivity contribution is 0.373. The number of hydrogen-bond acceptors (Lipinski definition) is 2. The average molecular weight is 276 g/mol. The van der Waals surface area contributed by atoms with Crippen LogP contribution in [-0.4, -0.2) is 12.1 Å². The molecule has 2 nitrogen and oxygen atoms in total. The number of benzene rings is 1. The molecule has 3 N–H and O–H groups in total. The van der Waals surface area contributed by atoms with Gasteiger partial charge < -0.3 is 11.1 Å². The first kappa shape index (κ1) is 10.3. The van der Waals surface area contributed by atoms with Crippen molar-refractivity contribution in [3.8, 4) is 0 Å². The Labute approximate surface area is 96.9 Å². The highest BCUT2D eigenvalue weighted by molar-refractivity contribution is 9.10. The van der Waals surface area contributed by atoms with Crippen LogP contribution in [0.2, 0.25) is 5.02 Å². The van der Waals surface area contributed by atoms with Gasteiger partial charge in [0, 0.05) is 16.6 Å². The summed E-state index contributed by atoms with van der Waals surface area (Å²) >= 11 is 9.51. The summed E-state index contributed by atoms with van der Waals surface area (Å²) in [6.45, 7) is 0. The molecule has 0 amide bonds. The molecule has 0 heterocycles. The maximum Gasteiger partial charge on any atom is 0.0779 e. The molecule has 0 radical (unpaired) electrons. The normalized spacial score (nSPS) is 25.6. The van der Waals surface area contributed by atoms with E-state index in [1.807, 2.05) is 18.2 Å². The first-order valence-corrected chi connectivity index (χ1v) is 5.80. The Morgan fingerprint density at radius 1 is 1.43 bits per heavy atom. The molecule has 1 aromatic rings. The molecule has 0 aliphatic heterocycles. The summed E-state index contributed by atoms with van der Waals surface area (Å²) in [5, 5.41) is 4.12. The number of nitrogens with one attached hydrogen (secondary N) is 1. The third kappa shape index (κ3) is 2.05. The van der Waals surface area contributed by atoms with Gasteiger partial charge >= 0.3 is 0 Å². The van der Waals surface area contributed by atoms with E-state index in [2.05, 4.69) is 21.2 Å². The zero-order valence-corrected chi connectivity index (χ0v) is 9.98. The van der Waals surface area contributed by atoms with E-state index in [0.29, 0.717) is 12.1 Å². The van der Waals surface area contributed by atoms with Crippen molar-refractivity contribution in [1.29, 1.82) is 0 Å². The minimum Gasteiger partial charge on any atom is -0.381 e. The zero-order chi connectivity index (χ0) is 10.1. The Morgan fingerprint density at radius 2 is 2.14 bits per heavy atom. The molecule has 76 valence electrons. The molecule has 1 aliphatic rings. The van der Waals surface area contributed by atoms with E-state index in [4.69, 9.17) is 17.3 Å². The van der Waals surface area contributed by atoms with Gasteiger partial charge in [-0.3, -0.25) is 0 Å². The molecule has 1 saturated carbocycles. The van der Waals surface area contributed by atoms with Crippen LogP contribution in [0.1, 0.15) is 12.8 Å². The molecule has 0 aromatic heterocycles. The highest BCUT2D eigenvalue weighted by Crippen LogP contribution is 2.32. The second kappa shape index (κ2) is 4.09. The van der Waals surface area contributed by atoms with Crippen molar-refractivity contribution in [3.63, 3.8) is 0 Å². The first-order chi connectivity index (χ1) is 6.66. The molecule has 1 aliphatic carbocycles. The molecule has 0 spiro atoms. The van der Waals surface area contributed by atoms with Gasteiger partial charge in [0.2, 0.25) is 0 Å². The van der Waals surface area contributed by atoms with Crippen molar-refractivity contribution < 1.29 is 0 Å². The predicted molar refractivity (Wildman–Crippen MR) is 63.8 cm³/mol. The van der Waals surface area contributed by atoms with Crippen LogP contribution < -0.4 is 11.1 Å². The van der Waals surface area contributed by atoms with Crippen molar-refractivity contribution in [3.05, 3.63) is 27.7 Å². The van der Waals surface area contributed by atoms with Crippen molar-refractivity contribution >= 4 is 33.2 Å². The van der Waals surface area contributed by atoms with Gasteiger partial charge in [-0.15, -0.1) is 0 Å². The summed E-state index contributed by atoms with van der Waals surface area (Å²) in [6.07, 6.45) is 2.06. The molecule has 1 aromatic carbocycles. The fraction of sp³-hybridized carbons (Fsp3) is 0.400. The van der Waals surface area contributed by atoms with Gasteiger partial charge in [0.15, 0.2) is 0 Å². The monoisotopic (exact) mass is 274 g/mol. The molecule has 2 rings (SSSR count). The molecular formula is C10H12BrClN2. The molecular weight excluding hydrogens is 263 g/mol. The molecule has 0 bridgehead atoms. The van der Waals surface area contributed by atoms with Crippen LogP contribution in [0.3, 0.4) is 0 Å². The highest BCUT2D eigenvalue weighted by atomic mass is 79.9. The Kier molecular flexibility index (Phi) is 3.00. The minimum absolute atomic E-state index is 0.360. The molecule has 4 heteroatoms. The lowest BCUT2D eigenvalue weighted by Gasteiger charge is -2.34. The summed E-state index contributed by atoms with van der Waals surface area (Å²) in [6, 6.07) is 6.73. The Balaban J connectivity index is 2.06. The van der Waals surface area contributed by atoms with Gasteiger partial charge in [-0.1, -0.05) is 17.7 Å².